The van der Waals surface area contributed by atoms with Gasteiger partial charge < -0.3 is 9.84 Å². The Kier molecular flexibility index (Phi) is 5.31. The molecule has 2 rings (SSSR count). The van der Waals surface area contributed by atoms with Gasteiger partial charge >= 0.3 is 5.97 Å². The molecule has 0 bridgehead atoms. The van der Waals surface area contributed by atoms with Crippen molar-refractivity contribution in [2.75, 3.05) is 6.61 Å². The lowest BCUT2D eigenvalue weighted by Gasteiger charge is -2.08. The van der Waals surface area contributed by atoms with Gasteiger partial charge in [0.25, 0.3) is 0 Å². The molecular formula is C15H19N3O3. The molecule has 6 nitrogen and oxygen atoms in total. The second kappa shape index (κ2) is 7.42. The first-order valence-corrected chi connectivity index (χ1v) is 7.06. The maximum atomic E-state index is 11.2. The van der Waals surface area contributed by atoms with Crippen LogP contribution in [0.2, 0.25) is 0 Å². The molecule has 21 heavy (non-hydrogen) atoms. The summed E-state index contributed by atoms with van der Waals surface area (Å²) in [6.45, 7) is 3.15. The minimum absolute atomic E-state index is 0.0164. The van der Waals surface area contributed by atoms with E-state index in [2.05, 4.69) is 17.2 Å². The highest BCUT2D eigenvalue weighted by atomic mass is 16.5. The van der Waals surface area contributed by atoms with Gasteiger partial charge in [-0.25, -0.2) is 9.48 Å². The number of carboxylic acid groups (broad SMARTS) is 1. The molecule has 1 N–H and O–H groups in total. The van der Waals surface area contributed by atoms with Crippen molar-refractivity contribution in [1.29, 1.82) is 0 Å². The van der Waals surface area contributed by atoms with Gasteiger partial charge in [-0.2, -0.15) is 0 Å². The number of nitrogens with zero attached hydrogens (tertiary/aromatic N) is 3. The molecule has 0 atom stereocenters. The number of carbonyl (C=O) groups is 1. The van der Waals surface area contributed by atoms with Crippen molar-refractivity contribution in [3.05, 3.63) is 41.7 Å². The Bertz CT molecular complexity index is 581. The normalized spacial score (nSPS) is 10.5. The third-order valence-electron chi connectivity index (χ3n) is 3.11. The lowest BCUT2D eigenvalue weighted by molar-refractivity contribution is 0.0689. The van der Waals surface area contributed by atoms with Crippen molar-refractivity contribution in [2.45, 2.75) is 32.7 Å². The minimum Gasteiger partial charge on any atom is -0.493 e. The van der Waals surface area contributed by atoms with Crippen molar-refractivity contribution < 1.29 is 14.6 Å². The van der Waals surface area contributed by atoms with E-state index in [1.165, 1.54) is 0 Å². The van der Waals surface area contributed by atoms with Crippen LogP contribution in [0.1, 0.15) is 35.9 Å². The Balaban J connectivity index is 2.02. The Morgan fingerprint density at radius 3 is 2.76 bits per heavy atom. The molecule has 2 aromatic rings. The summed E-state index contributed by atoms with van der Waals surface area (Å²) in [7, 11) is 0. The second-order valence-electron chi connectivity index (χ2n) is 4.68. The number of ether oxygens (including phenoxy) is 1. The summed E-state index contributed by atoms with van der Waals surface area (Å²) in [6.07, 6.45) is 2.42. The average Bonchev–Trinajstić information content (AvgIpc) is 2.89. The number of benzene rings is 1. The first-order valence-electron chi connectivity index (χ1n) is 7.06. The molecule has 6 heteroatoms. The molecule has 112 valence electrons. The molecule has 0 aliphatic heterocycles. The molecule has 0 saturated carbocycles. The molecule has 0 unspecified atom stereocenters. The Hall–Kier alpha value is -2.37. The van der Waals surface area contributed by atoms with Crippen molar-refractivity contribution in [2.24, 2.45) is 0 Å². The van der Waals surface area contributed by atoms with Gasteiger partial charge in [-0.3, -0.25) is 0 Å². The van der Waals surface area contributed by atoms with Crippen molar-refractivity contribution >= 4 is 5.97 Å². The molecule has 1 aromatic carbocycles. The number of unbranched alkanes of at least 4 members (excludes halogenated alkanes) is 1. The van der Waals surface area contributed by atoms with Crippen LogP contribution in [-0.4, -0.2) is 32.7 Å². The molecule has 1 aromatic heterocycles. The summed E-state index contributed by atoms with van der Waals surface area (Å²) < 4.78 is 7.28. The Morgan fingerprint density at radius 1 is 1.33 bits per heavy atom. The number of rotatable bonds is 8. The highest BCUT2D eigenvalue weighted by molar-refractivity contribution is 5.86. The van der Waals surface area contributed by atoms with Gasteiger partial charge in [0.15, 0.2) is 5.69 Å². The molecule has 0 fully saturated rings. The lowest BCUT2D eigenvalue weighted by Crippen LogP contribution is -2.12. The quantitative estimate of drug-likeness (QED) is 0.807. The van der Waals surface area contributed by atoms with E-state index in [0.29, 0.717) is 25.3 Å². The summed E-state index contributed by atoms with van der Waals surface area (Å²) in [5.41, 5.74) is 0.634. The monoisotopic (exact) mass is 289 g/mol. The molecule has 1 heterocycles. The van der Waals surface area contributed by atoms with Crippen molar-refractivity contribution in [3.8, 4) is 5.75 Å². The summed E-state index contributed by atoms with van der Waals surface area (Å²) in [5.74, 6) is -0.283. The maximum absolute atomic E-state index is 11.2. The summed E-state index contributed by atoms with van der Waals surface area (Å²) >= 11 is 0. The highest BCUT2D eigenvalue weighted by Crippen LogP contribution is 2.12. The van der Waals surface area contributed by atoms with Gasteiger partial charge in [0, 0.05) is 13.0 Å². The van der Waals surface area contributed by atoms with E-state index in [9.17, 15) is 4.79 Å². The third kappa shape index (κ3) is 4.05. The molecule has 0 radical (unpaired) electrons. The zero-order valence-corrected chi connectivity index (χ0v) is 12.0. The number of aryl methyl sites for hydroxylation is 1. The van der Waals surface area contributed by atoms with Gasteiger partial charge in [0.1, 0.15) is 5.75 Å². The predicted octanol–water partition coefficient (Wildman–Crippen LogP) is 2.40. The SMILES string of the molecule is CCCCn1nnc(C(=O)O)c1CCOc1ccccc1. The summed E-state index contributed by atoms with van der Waals surface area (Å²) in [5, 5.41) is 16.8. The van der Waals surface area contributed by atoms with Crippen LogP contribution in [-0.2, 0) is 13.0 Å². The van der Waals surface area contributed by atoms with Gasteiger partial charge in [-0.05, 0) is 18.6 Å². The van der Waals surface area contributed by atoms with Crippen LogP contribution in [0, 0.1) is 0 Å². The summed E-state index contributed by atoms with van der Waals surface area (Å²) in [4.78, 5) is 11.2. The fourth-order valence-corrected chi connectivity index (χ4v) is 2.02. The minimum atomic E-state index is -1.05. The van der Waals surface area contributed by atoms with Crippen molar-refractivity contribution in [1.82, 2.24) is 15.0 Å². The molecular weight excluding hydrogens is 270 g/mol. The number of carboxylic acids is 1. The van der Waals surface area contributed by atoms with E-state index in [1.54, 1.807) is 4.68 Å². The van der Waals surface area contributed by atoms with E-state index in [4.69, 9.17) is 9.84 Å². The maximum Gasteiger partial charge on any atom is 0.358 e. The van der Waals surface area contributed by atoms with E-state index in [1.807, 2.05) is 30.3 Å². The van der Waals surface area contributed by atoms with E-state index < -0.39 is 5.97 Å². The fourth-order valence-electron chi connectivity index (χ4n) is 2.02. The molecule has 0 aliphatic rings. The number of aromatic carboxylic acids is 1. The zero-order valence-electron chi connectivity index (χ0n) is 12.0. The Morgan fingerprint density at radius 2 is 2.10 bits per heavy atom. The first-order chi connectivity index (χ1) is 10.2. The van der Waals surface area contributed by atoms with Gasteiger partial charge in [-0.15, -0.1) is 5.10 Å². The van der Waals surface area contributed by atoms with Gasteiger partial charge in [0.05, 0.1) is 12.3 Å². The van der Waals surface area contributed by atoms with E-state index >= 15 is 0 Å². The van der Waals surface area contributed by atoms with Crippen LogP contribution in [0.3, 0.4) is 0 Å². The predicted molar refractivity (Wildman–Crippen MR) is 77.5 cm³/mol. The highest BCUT2D eigenvalue weighted by Gasteiger charge is 2.18. The third-order valence-corrected chi connectivity index (χ3v) is 3.11. The number of hydrogen-bond acceptors (Lipinski definition) is 4. The van der Waals surface area contributed by atoms with Crippen molar-refractivity contribution in [3.63, 3.8) is 0 Å². The number of aromatic nitrogens is 3. The lowest BCUT2D eigenvalue weighted by atomic mass is 10.2. The zero-order chi connectivity index (χ0) is 15.1. The molecule has 0 aliphatic carbocycles. The first kappa shape index (κ1) is 15.0. The molecule has 0 spiro atoms. The standard InChI is InChI=1S/C15H19N3O3/c1-2-3-10-18-13(14(15(19)20)16-17-18)9-11-21-12-7-5-4-6-8-12/h4-8H,2-3,9-11H2,1H3,(H,19,20). The smallest absolute Gasteiger partial charge is 0.358 e. The summed E-state index contributed by atoms with van der Waals surface area (Å²) in [6, 6.07) is 9.44. The molecule has 0 amide bonds. The second-order valence-corrected chi connectivity index (χ2v) is 4.68. The Labute approximate surface area is 123 Å². The van der Waals surface area contributed by atoms with Crippen LogP contribution in [0.4, 0.5) is 0 Å². The number of hydrogen-bond donors (Lipinski definition) is 1. The fraction of sp³-hybridized carbons (Fsp3) is 0.400. The average molecular weight is 289 g/mol. The van der Waals surface area contributed by atoms with E-state index in [0.717, 1.165) is 18.6 Å². The largest absolute Gasteiger partial charge is 0.493 e. The molecule has 0 saturated heterocycles. The van der Waals surface area contributed by atoms with E-state index in [-0.39, 0.29) is 5.69 Å². The van der Waals surface area contributed by atoms with Crippen LogP contribution < -0.4 is 4.74 Å². The van der Waals surface area contributed by atoms with Crippen LogP contribution in [0.5, 0.6) is 5.75 Å². The number of para-hydroxylation sites is 1. The van der Waals surface area contributed by atoms with Crippen LogP contribution in [0.25, 0.3) is 0 Å². The van der Waals surface area contributed by atoms with Crippen LogP contribution >= 0.6 is 0 Å². The topological polar surface area (TPSA) is 77.2 Å². The van der Waals surface area contributed by atoms with Gasteiger partial charge in [-0.1, -0.05) is 36.8 Å². The van der Waals surface area contributed by atoms with Gasteiger partial charge in [0.2, 0.25) is 0 Å². The van der Waals surface area contributed by atoms with Crippen LogP contribution in [0.15, 0.2) is 30.3 Å².